The molecule has 1 amide bonds. The number of hydrogen-bond donors (Lipinski definition) is 0. The van der Waals surface area contributed by atoms with Gasteiger partial charge in [0.05, 0.1) is 7.11 Å². The molecule has 0 aliphatic heterocycles. The smallest absolute Gasteiger partial charge is 0.331 e. The second-order valence-corrected chi connectivity index (χ2v) is 5.54. The van der Waals surface area contributed by atoms with Crippen LogP contribution in [0.3, 0.4) is 0 Å². The summed E-state index contributed by atoms with van der Waals surface area (Å²) in [5, 5.41) is 0. The van der Waals surface area contributed by atoms with Gasteiger partial charge in [-0.2, -0.15) is 0 Å². The monoisotopic (exact) mass is 339 g/mol. The van der Waals surface area contributed by atoms with Gasteiger partial charge in [-0.25, -0.2) is 4.79 Å². The fraction of sp³-hybridized carbons (Fsp3) is 0.200. The molecule has 2 aromatic carbocycles. The largest absolute Gasteiger partial charge is 0.496 e. The molecule has 130 valence electrons. The highest BCUT2D eigenvalue weighted by atomic mass is 16.5. The van der Waals surface area contributed by atoms with Gasteiger partial charge in [-0.1, -0.05) is 48.5 Å². The van der Waals surface area contributed by atoms with E-state index in [1.165, 1.54) is 11.0 Å². The van der Waals surface area contributed by atoms with E-state index in [4.69, 9.17) is 9.47 Å². The van der Waals surface area contributed by atoms with Gasteiger partial charge in [0.1, 0.15) is 5.75 Å². The van der Waals surface area contributed by atoms with Crippen LogP contribution in [-0.2, 0) is 14.3 Å². The van der Waals surface area contributed by atoms with E-state index in [-0.39, 0.29) is 5.91 Å². The van der Waals surface area contributed by atoms with Gasteiger partial charge < -0.3 is 14.4 Å². The van der Waals surface area contributed by atoms with E-state index in [0.717, 1.165) is 5.56 Å². The van der Waals surface area contributed by atoms with E-state index in [9.17, 15) is 9.59 Å². The predicted molar refractivity (Wildman–Crippen MR) is 96.0 cm³/mol. The molecule has 0 heterocycles. The molecule has 0 bridgehead atoms. The maximum absolute atomic E-state index is 12.4. The summed E-state index contributed by atoms with van der Waals surface area (Å²) in [7, 11) is 4.81. The maximum Gasteiger partial charge on any atom is 0.331 e. The van der Waals surface area contributed by atoms with Crippen LogP contribution in [0, 0.1) is 0 Å². The van der Waals surface area contributed by atoms with Gasteiger partial charge >= 0.3 is 5.97 Å². The van der Waals surface area contributed by atoms with Crippen LogP contribution in [0.15, 0.2) is 60.7 Å². The van der Waals surface area contributed by atoms with Gasteiger partial charge in [0.15, 0.2) is 0 Å². The van der Waals surface area contributed by atoms with Crippen molar-refractivity contribution < 1.29 is 19.1 Å². The highest BCUT2D eigenvalue weighted by molar-refractivity contribution is 5.91. The van der Waals surface area contributed by atoms with Crippen molar-refractivity contribution in [3.05, 3.63) is 71.8 Å². The first-order chi connectivity index (χ1) is 12.0. The topological polar surface area (TPSA) is 55.8 Å². The first-order valence-corrected chi connectivity index (χ1v) is 7.80. The van der Waals surface area contributed by atoms with Gasteiger partial charge in [-0.15, -0.1) is 0 Å². The minimum absolute atomic E-state index is 0.301. The molecule has 0 N–H and O–H groups in total. The third kappa shape index (κ3) is 4.94. The lowest BCUT2D eigenvalue weighted by Gasteiger charge is -2.20. The van der Waals surface area contributed by atoms with Crippen molar-refractivity contribution in [3.8, 4) is 5.75 Å². The Morgan fingerprint density at radius 2 is 1.64 bits per heavy atom. The van der Waals surface area contributed by atoms with Crippen molar-refractivity contribution in [3.63, 3.8) is 0 Å². The van der Waals surface area contributed by atoms with Gasteiger partial charge in [0.25, 0.3) is 5.91 Å². The summed E-state index contributed by atoms with van der Waals surface area (Å²) in [6.45, 7) is 0. The zero-order valence-corrected chi connectivity index (χ0v) is 14.5. The van der Waals surface area contributed by atoms with E-state index in [2.05, 4.69) is 0 Å². The van der Waals surface area contributed by atoms with Gasteiger partial charge in [-0.3, -0.25) is 4.79 Å². The molecule has 5 heteroatoms. The normalized spacial score (nSPS) is 11.8. The van der Waals surface area contributed by atoms with E-state index in [1.807, 2.05) is 24.3 Å². The van der Waals surface area contributed by atoms with Crippen LogP contribution in [0.2, 0.25) is 0 Å². The molecule has 0 saturated carbocycles. The van der Waals surface area contributed by atoms with Gasteiger partial charge in [0, 0.05) is 31.3 Å². The standard InChI is InChI=1S/C20H21NO4/c1-21(2)20(23)19(16-10-5-4-6-11-16)25-18(22)14-13-15-9-7-8-12-17(15)24-3/h4-14,19H,1-3H3/b14-13+. The summed E-state index contributed by atoms with van der Waals surface area (Å²) in [6.07, 6.45) is 1.91. The Balaban J connectivity index is 2.17. The minimum atomic E-state index is -0.981. The Labute approximate surface area is 147 Å². The van der Waals surface area contributed by atoms with Crippen LogP contribution < -0.4 is 4.74 Å². The molecule has 2 rings (SSSR count). The fourth-order valence-electron chi connectivity index (χ4n) is 2.24. The summed E-state index contributed by atoms with van der Waals surface area (Å²) >= 11 is 0. The van der Waals surface area contributed by atoms with Crippen LogP contribution in [0.1, 0.15) is 17.2 Å². The van der Waals surface area contributed by atoms with E-state index in [0.29, 0.717) is 11.3 Å². The zero-order chi connectivity index (χ0) is 18.2. The Morgan fingerprint density at radius 3 is 2.28 bits per heavy atom. The van der Waals surface area contributed by atoms with E-state index < -0.39 is 12.1 Å². The first-order valence-electron chi connectivity index (χ1n) is 7.80. The first kappa shape index (κ1) is 18.3. The Kier molecular flexibility index (Phi) is 6.34. The third-order valence-corrected chi connectivity index (χ3v) is 3.54. The minimum Gasteiger partial charge on any atom is -0.496 e. The summed E-state index contributed by atoms with van der Waals surface area (Å²) in [6, 6.07) is 16.2. The van der Waals surface area contributed by atoms with Crippen molar-refractivity contribution in [2.45, 2.75) is 6.10 Å². The summed E-state index contributed by atoms with van der Waals surface area (Å²) in [5.41, 5.74) is 1.37. The fourth-order valence-corrected chi connectivity index (χ4v) is 2.24. The van der Waals surface area contributed by atoms with Crippen molar-refractivity contribution in [2.24, 2.45) is 0 Å². The second-order valence-electron chi connectivity index (χ2n) is 5.54. The summed E-state index contributed by atoms with van der Waals surface area (Å²) < 4.78 is 10.6. The molecule has 5 nitrogen and oxygen atoms in total. The lowest BCUT2D eigenvalue weighted by Crippen LogP contribution is -2.30. The highest BCUT2D eigenvalue weighted by Gasteiger charge is 2.25. The number of carbonyl (C=O) groups excluding carboxylic acids is 2. The second kappa shape index (κ2) is 8.68. The Bertz CT molecular complexity index is 753. The number of likely N-dealkylation sites (N-methyl/N-ethyl adjacent to an activating group) is 1. The van der Waals surface area contributed by atoms with Crippen LogP contribution in [-0.4, -0.2) is 38.0 Å². The average Bonchev–Trinajstić information content (AvgIpc) is 2.64. The molecule has 0 aliphatic rings. The Hall–Kier alpha value is -3.08. The van der Waals surface area contributed by atoms with Crippen molar-refractivity contribution >= 4 is 18.0 Å². The lowest BCUT2D eigenvalue weighted by atomic mass is 10.1. The predicted octanol–water partition coefficient (Wildman–Crippen LogP) is 3.08. The molecule has 25 heavy (non-hydrogen) atoms. The van der Waals surface area contributed by atoms with E-state index in [1.54, 1.807) is 57.6 Å². The molecule has 0 aliphatic carbocycles. The summed E-state index contributed by atoms with van der Waals surface area (Å²) in [4.78, 5) is 26.0. The lowest BCUT2D eigenvalue weighted by molar-refractivity contribution is -0.155. The van der Waals surface area contributed by atoms with Crippen LogP contribution in [0.25, 0.3) is 6.08 Å². The summed E-state index contributed by atoms with van der Waals surface area (Å²) in [5.74, 6) is -0.254. The number of esters is 1. The Morgan fingerprint density at radius 1 is 1.00 bits per heavy atom. The van der Waals surface area contributed by atoms with E-state index >= 15 is 0 Å². The number of hydrogen-bond acceptors (Lipinski definition) is 4. The highest BCUT2D eigenvalue weighted by Crippen LogP contribution is 2.21. The maximum atomic E-state index is 12.4. The molecule has 0 fully saturated rings. The van der Waals surface area contributed by atoms with Gasteiger partial charge in [0.2, 0.25) is 6.10 Å². The van der Waals surface area contributed by atoms with Crippen molar-refractivity contribution in [2.75, 3.05) is 21.2 Å². The van der Waals surface area contributed by atoms with Crippen molar-refractivity contribution in [1.82, 2.24) is 4.90 Å². The third-order valence-electron chi connectivity index (χ3n) is 3.54. The number of para-hydroxylation sites is 1. The number of ether oxygens (including phenoxy) is 2. The molecule has 1 atom stereocenters. The quantitative estimate of drug-likeness (QED) is 0.599. The molecule has 0 saturated heterocycles. The van der Waals surface area contributed by atoms with Crippen LogP contribution in [0.4, 0.5) is 0 Å². The zero-order valence-electron chi connectivity index (χ0n) is 14.5. The molecule has 1 unspecified atom stereocenters. The SMILES string of the molecule is COc1ccccc1/C=C/C(=O)OC(C(=O)N(C)C)c1ccccc1. The molecule has 0 radical (unpaired) electrons. The molecule has 2 aromatic rings. The number of rotatable bonds is 6. The molecule has 0 spiro atoms. The van der Waals surface area contributed by atoms with Gasteiger partial charge in [-0.05, 0) is 12.1 Å². The number of nitrogens with zero attached hydrogens (tertiary/aromatic N) is 1. The number of methoxy groups -OCH3 is 1. The molecule has 0 aromatic heterocycles. The van der Waals surface area contributed by atoms with Crippen LogP contribution >= 0.6 is 0 Å². The number of benzene rings is 2. The molecular weight excluding hydrogens is 318 g/mol. The number of amides is 1. The molecular formula is C20H21NO4. The average molecular weight is 339 g/mol. The number of carbonyl (C=O) groups is 2. The van der Waals surface area contributed by atoms with Crippen LogP contribution in [0.5, 0.6) is 5.75 Å². The van der Waals surface area contributed by atoms with Crippen molar-refractivity contribution in [1.29, 1.82) is 0 Å².